The highest BCUT2D eigenvalue weighted by Crippen LogP contribution is 2.44. The Bertz CT molecular complexity index is 1150. The van der Waals surface area contributed by atoms with Gasteiger partial charge >= 0.3 is 5.97 Å². The van der Waals surface area contributed by atoms with Gasteiger partial charge in [-0.25, -0.2) is 0 Å². The smallest absolute Gasteiger partial charge is 0.319 e. The van der Waals surface area contributed by atoms with Crippen LogP contribution in [0.3, 0.4) is 0 Å². The molecule has 0 aromatic rings. The number of rotatable bonds is 7. The van der Waals surface area contributed by atoms with Gasteiger partial charge in [-0.05, 0) is 92.8 Å². The molecule has 1 aliphatic carbocycles. The van der Waals surface area contributed by atoms with Crippen molar-refractivity contribution in [2.75, 3.05) is 33.8 Å². The first-order chi connectivity index (χ1) is 22.5. The maximum Gasteiger partial charge on any atom is 0.319 e. The Balaban J connectivity index is 1.49. The predicted octanol–water partition coefficient (Wildman–Crippen LogP) is 2.53. The normalized spacial score (nSPS) is 48.0. The summed E-state index contributed by atoms with van der Waals surface area (Å²) in [4.78, 5) is 30.9. The van der Waals surface area contributed by atoms with E-state index in [0.717, 1.165) is 12.8 Å². The average molecular weight is 701 g/mol. The Labute approximate surface area is 292 Å². The Morgan fingerprint density at radius 3 is 2.50 bits per heavy atom. The zero-order valence-electron chi connectivity index (χ0n) is 30.4. The predicted molar refractivity (Wildman–Crippen MR) is 181 cm³/mol. The van der Waals surface area contributed by atoms with E-state index in [1.807, 2.05) is 46.7 Å². The number of nitrogens with one attached hydrogen (secondary N) is 3. The second-order valence-electron chi connectivity index (χ2n) is 15.9. The third-order valence-electron chi connectivity index (χ3n) is 11.5. The number of fused-ring (bicyclic) bond motifs is 10. The minimum Gasteiger partial charge on any atom is -0.457 e. The molecule has 5 saturated heterocycles. The minimum atomic E-state index is -1.53. The Hall–Kier alpha value is -0.930. The van der Waals surface area contributed by atoms with Gasteiger partial charge in [-0.15, -0.1) is 0 Å². The molecule has 48 heavy (non-hydrogen) atoms. The van der Waals surface area contributed by atoms with Crippen molar-refractivity contribution in [1.82, 2.24) is 20.9 Å². The van der Waals surface area contributed by atoms with Crippen molar-refractivity contribution in [2.45, 2.75) is 159 Å². The zero-order chi connectivity index (χ0) is 35.2. The summed E-state index contributed by atoms with van der Waals surface area (Å²) in [7, 11) is 3.89. The number of likely N-dealkylation sites (N-methyl/N-ethyl adjacent to an activating group) is 1. The summed E-state index contributed by atoms with van der Waals surface area (Å²) in [5.74, 6) is -1.65. The quantitative estimate of drug-likeness (QED) is 0.176. The number of Topliss-reactive ketones (excluding diaryl/α,β-unsaturated/α-hetero) is 1. The van der Waals surface area contributed by atoms with Crippen molar-refractivity contribution < 1.29 is 38.4 Å². The number of hydrogen-bond acceptors (Lipinski definition) is 12. The Kier molecular flexibility index (Phi) is 11.9. The molecule has 1 saturated carbocycles. The van der Waals surface area contributed by atoms with E-state index >= 15 is 0 Å². The summed E-state index contributed by atoms with van der Waals surface area (Å²) in [5.41, 5.74) is -2.47. The van der Waals surface area contributed by atoms with Crippen LogP contribution in [0.4, 0.5) is 0 Å². The molecule has 0 amide bonds. The number of esters is 1. The summed E-state index contributed by atoms with van der Waals surface area (Å²) >= 11 is 7.25. The van der Waals surface area contributed by atoms with Crippen molar-refractivity contribution in [3.05, 3.63) is 0 Å². The third kappa shape index (κ3) is 7.78. The van der Waals surface area contributed by atoms with Crippen LogP contribution in [0.25, 0.3) is 0 Å². The molecular formula is C35H61ClN4O8. The summed E-state index contributed by atoms with van der Waals surface area (Å²) in [6.45, 7) is 14.8. The molecule has 6 aliphatic rings. The molecule has 14 atom stereocenters. The summed E-state index contributed by atoms with van der Waals surface area (Å²) < 4.78 is 32.4. The second kappa shape index (κ2) is 15.0. The summed E-state index contributed by atoms with van der Waals surface area (Å²) in [6, 6.07) is -0.208. The molecule has 6 rings (SSSR count). The Morgan fingerprint density at radius 1 is 1.15 bits per heavy atom. The van der Waals surface area contributed by atoms with Gasteiger partial charge in [-0.2, -0.15) is 0 Å². The SMILES string of the molecule is CC[C@H]1OC(=O)[C@]2(C)CCO[C@@](C)(C[C@@H](C)CN[C@H](C)[C@H]3NC(C)O[C@@]31Cl)[C@H](O[C@@H]1O[C@H](CNC3CC3)C[C@H](N(C)C)[C@H]1O)[C@@H](C)C2=O. The fraction of sp³-hybridized carbons (Fsp3) is 0.943. The number of carbonyl (C=O) groups excluding carboxylic acids is 2. The Morgan fingerprint density at radius 2 is 1.85 bits per heavy atom. The van der Waals surface area contributed by atoms with Crippen LogP contribution in [0.2, 0.25) is 0 Å². The van der Waals surface area contributed by atoms with Crippen LogP contribution in [0.1, 0.15) is 87.0 Å². The van der Waals surface area contributed by atoms with Crippen molar-refractivity contribution in [3.63, 3.8) is 0 Å². The number of halogens is 1. The molecule has 5 heterocycles. The molecule has 2 bridgehead atoms. The van der Waals surface area contributed by atoms with Crippen LogP contribution >= 0.6 is 11.6 Å². The first-order valence-electron chi connectivity index (χ1n) is 18.2. The number of hydrogen-bond donors (Lipinski definition) is 4. The van der Waals surface area contributed by atoms with Gasteiger partial charge < -0.3 is 44.3 Å². The van der Waals surface area contributed by atoms with E-state index < -0.39 is 52.6 Å². The maximum absolute atomic E-state index is 14.7. The molecule has 276 valence electrons. The van der Waals surface area contributed by atoms with Crippen LogP contribution in [0.15, 0.2) is 0 Å². The molecule has 0 radical (unpaired) electrons. The van der Waals surface area contributed by atoms with E-state index in [4.69, 9.17) is 35.3 Å². The van der Waals surface area contributed by atoms with Crippen molar-refractivity contribution in [1.29, 1.82) is 0 Å². The largest absolute Gasteiger partial charge is 0.457 e. The topological polar surface area (TPSA) is 140 Å². The molecule has 4 N–H and O–H groups in total. The van der Waals surface area contributed by atoms with Gasteiger partial charge in [0.25, 0.3) is 0 Å². The summed E-state index contributed by atoms with van der Waals surface area (Å²) in [5, 5.41) is 20.9. The highest BCUT2D eigenvalue weighted by atomic mass is 35.5. The van der Waals surface area contributed by atoms with E-state index in [9.17, 15) is 14.7 Å². The molecule has 0 aromatic carbocycles. The van der Waals surface area contributed by atoms with Gasteiger partial charge in [0.05, 0.1) is 23.9 Å². The van der Waals surface area contributed by atoms with E-state index in [0.29, 0.717) is 38.4 Å². The molecule has 6 fully saturated rings. The zero-order valence-corrected chi connectivity index (χ0v) is 31.2. The van der Waals surface area contributed by atoms with Crippen molar-refractivity contribution >= 4 is 23.4 Å². The van der Waals surface area contributed by atoms with Crippen LogP contribution in [0, 0.1) is 17.3 Å². The number of ether oxygens (including phenoxy) is 5. The van der Waals surface area contributed by atoms with Crippen molar-refractivity contribution in [3.8, 4) is 0 Å². The highest BCUT2D eigenvalue weighted by Gasteiger charge is 2.58. The number of ketones is 1. The fourth-order valence-corrected chi connectivity index (χ4v) is 8.97. The van der Waals surface area contributed by atoms with Crippen LogP contribution in [-0.2, 0) is 33.3 Å². The average Bonchev–Trinajstić information content (AvgIpc) is 3.80. The molecular weight excluding hydrogens is 640 g/mol. The lowest BCUT2D eigenvalue weighted by Gasteiger charge is -2.49. The van der Waals surface area contributed by atoms with E-state index in [1.54, 1.807) is 13.8 Å². The summed E-state index contributed by atoms with van der Waals surface area (Å²) in [6.07, 6.45) is -0.0938. The van der Waals surface area contributed by atoms with Crippen LogP contribution in [0.5, 0.6) is 0 Å². The van der Waals surface area contributed by atoms with Crippen LogP contribution < -0.4 is 16.0 Å². The second-order valence-corrected chi connectivity index (χ2v) is 16.5. The van der Waals surface area contributed by atoms with Gasteiger partial charge in [0.1, 0.15) is 23.9 Å². The molecule has 5 aliphatic heterocycles. The number of nitrogens with zero attached hydrogens (tertiary/aromatic N) is 1. The maximum atomic E-state index is 14.7. The molecule has 12 nitrogen and oxygen atoms in total. The lowest BCUT2D eigenvalue weighted by Crippen LogP contribution is -2.62. The number of alkyl halides is 1. The monoisotopic (exact) mass is 700 g/mol. The standard InChI is InChI=1S/C35H61ClN4O8/c1-10-26-35(36)28(39-22(5)48-35)21(4)37-17-19(2)16-34(7)30(20(3)29(42)33(6,13-14-44-34)32(43)46-26)47-31-27(41)25(40(8)9)15-24(45-31)18-38-23-11-12-23/h19-28,30-31,37-39,41H,10-18H2,1-9H3/t19-,20+,21-,22?,24+,25+,26-,27-,28-,30-,31+,33-,34+,35-/m1/s1. The minimum absolute atomic E-state index is 0.0910. The number of aliphatic hydroxyl groups excluding tert-OH is 1. The molecule has 0 aromatic heterocycles. The first-order valence-corrected chi connectivity index (χ1v) is 18.5. The fourth-order valence-electron chi connectivity index (χ4n) is 8.38. The number of aliphatic hydroxyl groups is 1. The lowest BCUT2D eigenvalue weighted by atomic mass is 9.70. The van der Waals surface area contributed by atoms with E-state index in [2.05, 4.69) is 22.9 Å². The highest BCUT2D eigenvalue weighted by molar-refractivity contribution is 6.24. The van der Waals surface area contributed by atoms with E-state index in [1.165, 1.54) is 0 Å². The molecule has 0 spiro atoms. The number of carbonyl (C=O) groups is 2. The van der Waals surface area contributed by atoms with Gasteiger partial charge in [-0.1, -0.05) is 32.4 Å². The van der Waals surface area contributed by atoms with E-state index in [-0.39, 0.29) is 55.2 Å². The van der Waals surface area contributed by atoms with Gasteiger partial charge in [0.15, 0.2) is 17.1 Å². The first kappa shape index (κ1) is 38.3. The lowest BCUT2D eigenvalue weighted by molar-refractivity contribution is -0.301. The van der Waals surface area contributed by atoms with Gasteiger partial charge in [0.2, 0.25) is 0 Å². The van der Waals surface area contributed by atoms with Gasteiger partial charge in [-0.3, -0.25) is 14.9 Å². The van der Waals surface area contributed by atoms with Crippen molar-refractivity contribution in [2.24, 2.45) is 17.3 Å². The third-order valence-corrected chi connectivity index (χ3v) is 12.0. The molecule has 13 heteroatoms. The molecule has 1 unspecified atom stereocenters. The van der Waals surface area contributed by atoms with Crippen LogP contribution in [-0.4, -0.2) is 127 Å². The van der Waals surface area contributed by atoms with Gasteiger partial charge in [0, 0.05) is 37.2 Å².